The third-order valence-electron chi connectivity index (χ3n) is 2.58. The van der Waals surface area contributed by atoms with Crippen molar-refractivity contribution in [2.24, 2.45) is 0 Å². The summed E-state index contributed by atoms with van der Waals surface area (Å²) < 4.78 is 0. The van der Waals surface area contributed by atoms with Gasteiger partial charge in [0.15, 0.2) is 0 Å². The van der Waals surface area contributed by atoms with Crippen LogP contribution in [-0.2, 0) is 6.54 Å². The van der Waals surface area contributed by atoms with Crippen molar-refractivity contribution >= 4 is 34.8 Å². The topological polar surface area (TPSA) is 88.0 Å². The fraction of sp³-hybridized carbons (Fsp3) is 0.0833. The zero-order chi connectivity index (χ0) is 14.7. The number of carbonyl (C=O) groups is 1. The SMILES string of the molecule is O=C(NCc1cc[nH]c1)c1cc([N+](=O)[O-])cc(Cl)c1Cl. The first-order valence-electron chi connectivity index (χ1n) is 5.52. The highest BCUT2D eigenvalue weighted by Crippen LogP contribution is 2.30. The molecule has 0 fully saturated rings. The number of non-ortho nitro benzene ring substituents is 1. The van der Waals surface area contributed by atoms with Gasteiger partial charge in [0.25, 0.3) is 11.6 Å². The quantitative estimate of drug-likeness (QED) is 0.671. The Labute approximate surface area is 123 Å². The van der Waals surface area contributed by atoms with Crippen LogP contribution in [0.15, 0.2) is 30.6 Å². The Morgan fingerprint density at radius 1 is 1.40 bits per heavy atom. The summed E-state index contributed by atoms with van der Waals surface area (Å²) in [5.41, 5.74) is 0.554. The van der Waals surface area contributed by atoms with E-state index in [4.69, 9.17) is 23.2 Å². The fourth-order valence-electron chi connectivity index (χ4n) is 1.59. The number of H-pyrrole nitrogens is 1. The Balaban J connectivity index is 2.22. The lowest BCUT2D eigenvalue weighted by Crippen LogP contribution is -2.23. The highest BCUT2D eigenvalue weighted by molar-refractivity contribution is 6.44. The van der Waals surface area contributed by atoms with Gasteiger partial charge in [0, 0.05) is 31.1 Å². The molecule has 0 saturated carbocycles. The minimum Gasteiger partial charge on any atom is -0.367 e. The van der Waals surface area contributed by atoms with E-state index < -0.39 is 10.8 Å². The molecule has 8 heteroatoms. The molecule has 0 spiro atoms. The number of carbonyl (C=O) groups excluding carboxylic acids is 1. The molecule has 2 rings (SSSR count). The number of nitrogens with one attached hydrogen (secondary N) is 2. The van der Waals surface area contributed by atoms with Gasteiger partial charge in [-0.2, -0.15) is 0 Å². The zero-order valence-electron chi connectivity index (χ0n) is 10.0. The van der Waals surface area contributed by atoms with Gasteiger partial charge in [0.05, 0.1) is 20.5 Å². The molecule has 0 unspecified atom stereocenters. The molecule has 0 aliphatic rings. The summed E-state index contributed by atoms with van der Waals surface area (Å²) in [5.74, 6) is -0.526. The highest BCUT2D eigenvalue weighted by atomic mass is 35.5. The number of aromatic amines is 1. The molecule has 2 aromatic rings. The van der Waals surface area contributed by atoms with Crippen LogP contribution < -0.4 is 5.32 Å². The summed E-state index contributed by atoms with van der Waals surface area (Å²) >= 11 is 11.7. The maximum absolute atomic E-state index is 12.0. The van der Waals surface area contributed by atoms with E-state index in [9.17, 15) is 14.9 Å². The summed E-state index contributed by atoms with van der Waals surface area (Å²) in [6.07, 6.45) is 3.45. The summed E-state index contributed by atoms with van der Waals surface area (Å²) in [4.78, 5) is 25.0. The van der Waals surface area contributed by atoms with Crippen molar-refractivity contribution in [3.8, 4) is 0 Å². The van der Waals surface area contributed by atoms with Crippen LogP contribution in [0.5, 0.6) is 0 Å². The number of aromatic nitrogens is 1. The van der Waals surface area contributed by atoms with Crippen LogP contribution in [0.4, 0.5) is 5.69 Å². The Bertz CT molecular complexity index is 656. The molecule has 0 bridgehead atoms. The van der Waals surface area contributed by atoms with Gasteiger partial charge in [-0.05, 0) is 11.6 Å². The highest BCUT2D eigenvalue weighted by Gasteiger charge is 2.19. The number of amides is 1. The Hall–Kier alpha value is -2.05. The summed E-state index contributed by atoms with van der Waals surface area (Å²) in [5, 5.41) is 13.3. The van der Waals surface area contributed by atoms with Crippen LogP contribution >= 0.6 is 23.2 Å². The monoisotopic (exact) mass is 313 g/mol. The molecule has 0 saturated heterocycles. The van der Waals surface area contributed by atoms with Gasteiger partial charge in [-0.3, -0.25) is 14.9 Å². The van der Waals surface area contributed by atoms with E-state index in [2.05, 4.69) is 10.3 Å². The second-order valence-electron chi connectivity index (χ2n) is 3.95. The van der Waals surface area contributed by atoms with E-state index in [0.29, 0.717) is 0 Å². The predicted molar refractivity (Wildman–Crippen MR) is 75.1 cm³/mol. The molecule has 1 aromatic heterocycles. The maximum Gasteiger partial charge on any atom is 0.271 e. The van der Waals surface area contributed by atoms with E-state index in [0.717, 1.165) is 17.7 Å². The van der Waals surface area contributed by atoms with Gasteiger partial charge in [-0.25, -0.2) is 0 Å². The average molecular weight is 314 g/mol. The Kier molecular flexibility index (Phi) is 4.26. The van der Waals surface area contributed by atoms with Gasteiger partial charge in [0.2, 0.25) is 0 Å². The molecule has 0 atom stereocenters. The van der Waals surface area contributed by atoms with Crippen molar-refractivity contribution in [2.75, 3.05) is 0 Å². The molecule has 1 heterocycles. The molecule has 0 radical (unpaired) electrons. The zero-order valence-corrected chi connectivity index (χ0v) is 11.5. The van der Waals surface area contributed by atoms with Gasteiger partial charge in [-0.1, -0.05) is 23.2 Å². The summed E-state index contributed by atoms with van der Waals surface area (Å²) in [6.45, 7) is 0.277. The number of hydrogen-bond donors (Lipinski definition) is 2. The van der Waals surface area contributed by atoms with Gasteiger partial charge < -0.3 is 10.3 Å². The number of nitrogens with zero attached hydrogens (tertiary/aromatic N) is 1. The van der Waals surface area contributed by atoms with Crippen LogP contribution in [0, 0.1) is 10.1 Å². The van der Waals surface area contributed by atoms with Crippen LogP contribution in [0.25, 0.3) is 0 Å². The predicted octanol–water partition coefficient (Wildman–Crippen LogP) is 3.16. The lowest BCUT2D eigenvalue weighted by molar-refractivity contribution is -0.384. The lowest BCUT2D eigenvalue weighted by Gasteiger charge is -2.07. The van der Waals surface area contributed by atoms with E-state index in [-0.39, 0.29) is 27.8 Å². The van der Waals surface area contributed by atoms with E-state index in [1.54, 1.807) is 18.5 Å². The first kappa shape index (κ1) is 14.4. The second kappa shape index (κ2) is 5.94. The number of nitro groups is 1. The molecule has 20 heavy (non-hydrogen) atoms. The third kappa shape index (κ3) is 3.09. The minimum absolute atomic E-state index is 0.0103. The maximum atomic E-state index is 12.0. The lowest BCUT2D eigenvalue weighted by atomic mass is 10.2. The molecule has 1 amide bonds. The Morgan fingerprint density at radius 3 is 2.75 bits per heavy atom. The van der Waals surface area contributed by atoms with Crippen LogP contribution in [-0.4, -0.2) is 15.8 Å². The van der Waals surface area contributed by atoms with Crippen molar-refractivity contribution in [2.45, 2.75) is 6.54 Å². The number of benzene rings is 1. The van der Waals surface area contributed by atoms with Crippen molar-refractivity contribution in [1.29, 1.82) is 0 Å². The van der Waals surface area contributed by atoms with Crippen LogP contribution in [0.3, 0.4) is 0 Å². The van der Waals surface area contributed by atoms with Crippen molar-refractivity contribution in [3.63, 3.8) is 0 Å². The standard InChI is InChI=1S/C12H9Cl2N3O3/c13-10-4-8(17(19)20)3-9(11(10)14)12(18)16-6-7-1-2-15-5-7/h1-5,15H,6H2,(H,16,18). The fourth-order valence-corrected chi connectivity index (χ4v) is 2.00. The van der Waals surface area contributed by atoms with Crippen molar-refractivity contribution in [3.05, 3.63) is 61.9 Å². The number of halogens is 2. The second-order valence-corrected chi connectivity index (χ2v) is 4.73. The minimum atomic E-state index is -0.634. The van der Waals surface area contributed by atoms with E-state index in [1.807, 2.05) is 0 Å². The summed E-state index contributed by atoms with van der Waals surface area (Å²) in [6, 6.07) is 4.00. The first-order valence-corrected chi connectivity index (χ1v) is 6.28. The van der Waals surface area contributed by atoms with Gasteiger partial charge in [0.1, 0.15) is 0 Å². The third-order valence-corrected chi connectivity index (χ3v) is 3.39. The van der Waals surface area contributed by atoms with Gasteiger partial charge in [-0.15, -0.1) is 0 Å². The Morgan fingerprint density at radius 2 is 2.15 bits per heavy atom. The smallest absolute Gasteiger partial charge is 0.271 e. The molecule has 0 aliphatic carbocycles. The first-order chi connectivity index (χ1) is 9.49. The number of rotatable bonds is 4. The normalized spacial score (nSPS) is 10.3. The van der Waals surface area contributed by atoms with Crippen LogP contribution in [0.1, 0.15) is 15.9 Å². The molecule has 6 nitrogen and oxygen atoms in total. The molecular weight excluding hydrogens is 305 g/mol. The summed E-state index contributed by atoms with van der Waals surface area (Å²) in [7, 11) is 0. The van der Waals surface area contributed by atoms with Crippen molar-refractivity contribution in [1.82, 2.24) is 10.3 Å². The average Bonchev–Trinajstić information content (AvgIpc) is 2.92. The van der Waals surface area contributed by atoms with Crippen molar-refractivity contribution < 1.29 is 9.72 Å². The van der Waals surface area contributed by atoms with E-state index in [1.165, 1.54) is 0 Å². The van der Waals surface area contributed by atoms with Gasteiger partial charge >= 0.3 is 0 Å². The molecule has 104 valence electrons. The van der Waals surface area contributed by atoms with Crippen LogP contribution in [0.2, 0.25) is 10.0 Å². The number of hydrogen-bond acceptors (Lipinski definition) is 3. The van der Waals surface area contributed by atoms with E-state index >= 15 is 0 Å². The number of nitro benzene ring substituents is 1. The molecule has 2 N–H and O–H groups in total. The molecule has 1 aromatic carbocycles. The largest absolute Gasteiger partial charge is 0.367 e. The molecular formula is C12H9Cl2N3O3. The molecule has 0 aliphatic heterocycles.